The van der Waals surface area contributed by atoms with Gasteiger partial charge in [-0.15, -0.1) is 0 Å². The van der Waals surface area contributed by atoms with E-state index < -0.39 is 5.97 Å². The number of benzene rings is 1. The van der Waals surface area contributed by atoms with Gasteiger partial charge in [0.1, 0.15) is 0 Å². The van der Waals surface area contributed by atoms with Gasteiger partial charge in [-0.1, -0.05) is 0 Å². The second-order valence-corrected chi connectivity index (χ2v) is 8.83. The maximum Gasteiger partial charge on any atom is 0.338 e. The van der Waals surface area contributed by atoms with Crippen molar-refractivity contribution < 1.29 is 28.6 Å². The minimum Gasteiger partial charge on any atom is -0.490 e. The van der Waals surface area contributed by atoms with Crippen molar-refractivity contribution in [1.29, 1.82) is 0 Å². The number of amides is 2. The van der Waals surface area contributed by atoms with Crippen LogP contribution in [0.3, 0.4) is 0 Å². The van der Waals surface area contributed by atoms with Crippen molar-refractivity contribution in [2.24, 2.45) is 0 Å². The van der Waals surface area contributed by atoms with Crippen LogP contribution in [0.4, 0.5) is 0 Å². The average Bonchev–Trinajstić information content (AvgIpc) is 2.82. The third-order valence-electron chi connectivity index (χ3n) is 6.35. The minimum absolute atomic E-state index is 0.0553. The van der Waals surface area contributed by atoms with Gasteiger partial charge < -0.3 is 24.0 Å². The normalized spacial score (nSPS) is 20.8. The van der Waals surface area contributed by atoms with Crippen LogP contribution in [0.5, 0.6) is 11.5 Å². The molecule has 1 aromatic carbocycles. The van der Waals surface area contributed by atoms with Crippen LogP contribution >= 0.6 is 0 Å². The van der Waals surface area contributed by atoms with Gasteiger partial charge in [-0.2, -0.15) is 0 Å². The van der Waals surface area contributed by atoms with Crippen LogP contribution in [0.2, 0.25) is 0 Å². The van der Waals surface area contributed by atoms with Crippen LogP contribution in [-0.4, -0.2) is 72.6 Å². The number of carbonyl (C=O) groups is 3. The van der Waals surface area contributed by atoms with Crippen LogP contribution in [0.15, 0.2) is 18.2 Å². The summed E-state index contributed by atoms with van der Waals surface area (Å²) in [5.74, 6) is -0.0732. The fraction of sp³-hybridized carbons (Fsp3) is 0.640. The Balaban J connectivity index is 1.58. The van der Waals surface area contributed by atoms with Gasteiger partial charge in [0.05, 0.1) is 12.2 Å². The molecule has 182 valence electrons. The molecule has 2 aliphatic heterocycles. The van der Waals surface area contributed by atoms with Crippen molar-refractivity contribution in [2.45, 2.75) is 71.4 Å². The largest absolute Gasteiger partial charge is 0.490 e. The predicted molar refractivity (Wildman–Crippen MR) is 123 cm³/mol. The van der Waals surface area contributed by atoms with Crippen molar-refractivity contribution >= 4 is 17.8 Å². The van der Waals surface area contributed by atoms with Gasteiger partial charge in [-0.3, -0.25) is 9.59 Å². The van der Waals surface area contributed by atoms with E-state index in [2.05, 4.69) is 0 Å². The van der Waals surface area contributed by atoms with E-state index in [4.69, 9.17) is 14.2 Å². The van der Waals surface area contributed by atoms with Crippen LogP contribution in [0.25, 0.3) is 0 Å². The molecule has 0 spiro atoms. The standard InChI is InChI=1S/C25H36N2O6/c1-4-31-22-15-20(11-12-21(22)32-16-23(28)26-13-6-5-7-14-26)25(30)33-17-24(29)27-18(2)9-8-10-19(27)3/h11-12,15,18-19H,4-10,13-14,16-17H2,1-3H3. The second kappa shape index (κ2) is 11.9. The molecular formula is C25H36N2O6. The Labute approximate surface area is 196 Å². The maximum atomic E-state index is 12.6. The summed E-state index contributed by atoms with van der Waals surface area (Å²) in [6.07, 6.45) is 6.21. The summed E-state index contributed by atoms with van der Waals surface area (Å²) in [5.41, 5.74) is 0.265. The van der Waals surface area contributed by atoms with Gasteiger partial charge in [0.15, 0.2) is 24.7 Å². The fourth-order valence-corrected chi connectivity index (χ4v) is 4.59. The number of piperidine rings is 2. The van der Waals surface area contributed by atoms with Crippen LogP contribution in [0, 0.1) is 0 Å². The number of likely N-dealkylation sites (tertiary alicyclic amines) is 2. The maximum absolute atomic E-state index is 12.6. The van der Waals surface area contributed by atoms with Crippen LogP contribution in [0.1, 0.15) is 69.7 Å². The summed E-state index contributed by atoms with van der Waals surface area (Å²) in [6, 6.07) is 4.98. The van der Waals surface area contributed by atoms with Crippen molar-refractivity contribution in [3.05, 3.63) is 23.8 Å². The molecule has 2 unspecified atom stereocenters. The molecule has 0 aliphatic carbocycles. The Hall–Kier alpha value is -2.77. The van der Waals surface area contributed by atoms with E-state index in [1.54, 1.807) is 12.1 Å². The monoisotopic (exact) mass is 460 g/mol. The lowest BCUT2D eigenvalue weighted by Gasteiger charge is -2.38. The minimum atomic E-state index is -0.599. The van der Waals surface area contributed by atoms with Gasteiger partial charge in [-0.05, 0) is 77.5 Å². The van der Waals surface area contributed by atoms with Gasteiger partial charge in [-0.25, -0.2) is 4.79 Å². The molecule has 0 radical (unpaired) electrons. The van der Waals surface area contributed by atoms with E-state index in [-0.39, 0.29) is 42.7 Å². The molecule has 0 saturated carbocycles. The summed E-state index contributed by atoms with van der Waals surface area (Å²) in [4.78, 5) is 41.2. The molecule has 8 nitrogen and oxygen atoms in total. The molecule has 2 amide bonds. The highest BCUT2D eigenvalue weighted by molar-refractivity contribution is 5.92. The number of hydrogen-bond donors (Lipinski definition) is 0. The first-order chi connectivity index (χ1) is 15.9. The Bertz CT molecular complexity index is 826. The average molecular weight is 461 g/mol. The van der Waals surface area contributed by atoms with Crippen molar-refractivity contribution in [2.75, 3.05) is 32.9 Å². The Morgan fingerprint density at radius 3 is 2.24 bits per heavy atom. The molecule has 1 aromatic rings. The van der Waals surface area contributed by atoms with E-state index in [0.717, 1.165) is 51.6 Å². The SMILES string of the molecule is CCOc1cc(C(=O)OCC(=O)N2C(C)CCCC2C)ccc1OCC(=O)N1CCCCC1. The third-order valence-corrected chi connectivity index (χ3v) is 6.35. The van der Waals surface area contributed by atoms with Gasteiger partial charge >= 0.3 is 5.97 Å². The molecular weight excluding hydrogens is 424 g/mol. The quantitative estimate of drug-likeness (QED) is 0.553. The van der Waals surface area contributed by atoms with Crippen LogP contribution < -0.4 is 9.47 Å². The predicted octanol–water partition coefficient (Wildman–Crippen LogP) is 3.42. The highest BCUT2D eigenvalue weighted by Crippen LogP contribution is 2.29. The number of rotatable bonds is 8. The fourth-order valence-electron chi connectivity index (χ4n) is 4.59. The molecule has 8 heteroatoms. The van der Waals surface area contributed by atoms with Crippen LogP contribution in [-0.2, 0) is 14.3 Å². The molecule has 33 heavy (non-hydrogen) atoms. The van der Waals surface area contributed by atoms with Crippen molar-refractivity contribution in [3.63, 3.8) is 0 Å². The zero-order valence-electron chi connectivity index (χ0n) is 20.0. The lowest BCUT2D eigenvalue weighted by atomic mass is 9.97. The summed E-state index contributed by atoms with van der Waals surface area (Å²) in [6.45, 7) is 7.41. The number of carbonyl (C=O) groups excluding carboxylic acids is 3. The lowest BCUT2D eigenvalue weighted by Crippen LogP contribution is -2.49. The molecule has 2 atom stereocenters. The number of esters is 1. The lowest BCUT2D eigenvalue weighted by molar-refractivity contribution is -0.140. The highest BCUT2D eigenvalue weighted by Gasteiger charge is 2.29. The molecule has 2 saturated heterocycles. The van der Waals surface area contributed by atoms with Crippen molar-refractivity contribution in [1.82, 2.24) is 9.80 Å². The molecule has 0 bridgehead atoms. The first-order valence-electron chi connectivity index (χ1n) is 12.1. The molecule has 0 aromatic heterocycles. The van der Waals surface area contributed by atoms with Gasteiger partial charge in [0.2, 0.25) is 0 Å². The first-order valence-corrected chi connectivity index (χ1v) is 12.1. The smallest absolute Gasteiger partial charge is 0.338 e. The topological polar surface area (TPSA) is 85.4 Å². The van der Waals surface area contributed by atoms with Crippen molar-refractivity contribution in [3.8, 4) is 11.5 Å². The second-order valence-electron chi connectivity index (χ2n) is 8.83. The molecule has 2 heterocycles. The Morgan fingerprint density at radius 2 is 1.58 bits per heavy atom. The third kappa shape index (κ3) is 6.62. The zero-order chi connectivity index (χ0) is 23.8. The number of hydrogen-bond acceptors (Lipinski definition) is 6. The highest BCUT2D eigenvalue weighted by atomic mass is 16.5. The summed E-state index contributed by atoms with van der Waals surface area (Å²) < 4.78 is 16.6. The molecule has 2 fully saturated rings. The molecule has 2 aliphatic rings. The van der Waals surface area contributed by atoms with E-state index >= 15 is 0 Å². The van der Waals surface area contributed by atoms with Gasteiger partial charge in [0.25, 0.3) is 11.8 Å². The number of ether oxygens (including phenoxy) is 3. The summed E-state index contributed by atoms with van der Waals surface area (Å²) in [5, 5.41) is 0. The Kier molecular flexibility index (Phi) is 8.97. The van der Waals surface area contributed by atoms with E-state index in [1.807, 2.05) is 30.6 Å². The molecule has 3 rings (SSSR count). The number of nitrogens with zero attached hydrogens (tertiary/aromatic N) is 2. The molecule has 0 N–H and O–H groups in total. The first kappa shape index (κ1) is 24.9. The van der Waals surface area contributed by atoms with E-state index in [0.29, 0.717) is 18.1 Å². The van der Waals surface area contributed by atoms with Gasteiger partial charge in [0, 0.05) is 25.2 Å². The summed E-state index contributed by atoms with van der Waals surface area (Å²) in [7, 11) is 0. The van der Waals surface area contributed by atoms with E-state index in [9.17, 15) is 14.4 Å². The Morgan fingerprint density at radius 1 is 0.879 bits per heavy atom. The summed E-state index contributed by atoms with van der Waals surface area (Å²) >= 11 is 0. The van der Waals surface area contributed by atoms with E-state index in [1.165, 1.54) is 6.07 Å². The zero-order valence-corrected chi connectivity index (χ0v) is 20.0.